The standard InChI is InChI=1S/C27H33N9OS2/c1-4-15-37-27-35-34-26(39-27)33-31-23-10-7-20(16-19(23)3)28-30-22-9-8-21(17-18(22)2)29-32-24-11-12-25(38-24)36-13-5-6-14-36/h7-12,16-17,28-30,32H,4-6,13-15H2,1-3H3. The average Bonchev–Trinajstić information content (AvgIpc) is 3.72. The molecular formula is C27H33N9OS2. The molecule has 2 aromatic heterocycles. The Morgan fingerprint density at radius 3 is 2.38 bits per heavy atom. The number of hydrazine groups is 2. The number of anilines is 5. The molecule has 4 aromatic rings. The fraction of sp³-hybridized carbons (Fsp3) is 0.333. The van der Waals surface area contributed by atoms with Gasteiger partial charge in [0.25, 0.3) is 10.3 Å². The number of benzene rings is 2. The maximum atomic E-state index is 5.47. The van der Waals surface area contributed by atoms with E-state index in [4.69, 9.17) is 4.74 Å². The third-order valence-corrected chi connectivity index (χ3v) is 7.95. The quantitative estimate of drug-likeness (QED) is 0.102. The first-order valence-corrected chi connectivity index (χ1v) is 14.7. The van der Waals surface area contributed by atoms with Gasteiger partial charge in [-0.3, -0.25) is 5.43 Å². The number of aromatic nitrogens is 2. The van der Waals surface area contributed by atoms with E-state index < -0.39 is 0 Å². The van der Waals surface area contributed by atoms with Crippen molar-refractivity contribution in [2.75, 3.05) is 46.3 Å². The van der Waals surface area contributed by atoms with Crippen molar-refractivity contribution in [2.24, 2.45) is 10.2 Å². The normalized spacial score (nSPS) is 13.2. The van der Waals surface area contributed by atoms with E-state index in [0.29, 0.717) is 16.9 Å². The van der Waals surface area contributed by atoms with E-state index in [1.165, 1.54) is 29.2 Å². The van der Waals surface area contributed by atoms with Gasteiger partial charge in [-0.05, 0) is 104 Å². The molecule has 0 radical (unpaired) electrons. The van der Waals surface area contributed by atoms with Crippen molar-refractivity contribution in [3.8, 4) is 5.19 Å². The Hall–Kier alpha value is -3.90. The van der Waals surface area contributed by atoms with Crippen LogP contribution in [0.3, 0.4) is 0 Å². The predicted molar refractivity (Wildman–Crippen MR) is 162 cm³/mol. The Morgan fingerprint density at radius 1 is 0.846 bits per heavy atom. The van der Waals surface area contributed by atoms with Crippen LogP contribution in [0.25, 0.3) is 0 Å². The molecule has 0 spiro atoms. The molecule has 1 saturated heterocycles. The van der Waals surface area contributed by atoms with E-state index in [2.05, 4.69) is 72.2 Å². The predicted octanol–water partition coefficient (Wildman–Crippen LogP) is 7.90. The van der Waals surface area contributed by atoms with E-state index in [0.717, 1.165) is 58.4 Å². The van der Waals surface area contributed by atoms with Crippen LogP contribution >= 0.6 is 22.7 Å². The molecule has 10 nitrogen and oxygen atoms in total. The van der Waals surface area contributed by atoms with Gasteiger partial charge in [-0.25, -0.2) is 0 Å². The minimum atomic E-state index is 0.468. The molecule has 0 bridgehead atoms. The Balaban J connectivity index is 1.12. The van der Waals surface area contributed by atoms with Gasteiger partial charge in [0, 0.05) is 13.1 Å². The van der Waals surface area contributed by atoms with Crippen LogP contribution in [0.5, 0.6) is 5.19 Å². The molecule has 1 aliphatic heterocycles. The highest BCUT2D eigenvalue weighted by Gasteiger charge is 2.14. The molecule has 0 unspecified atom stereocenters. The van der Waals surface area contributed by atoms with Gasteiger partial charge in [0.1, 0.15) is 5.00 Å². The summed E-state index contributed by atoms with van der Waals surface area (Å²) in [7, 11) is 0. The molecular weight excluding hydrogens is 530 g/mol. The minimum absolute atomic E-state index is 0.468. The van der Waals surface area contributed by atoms with Gasteiger partial charge in [-0.2, -0.15) is 0 Å². The van der Waals surface area contributed by atoms with Crippen LogP contribution in [0.15, 0.2) is 58.8 Å². The highest BCUT2D eigenvalue weighted by atomic mass is 32.1. The van der Waals surface area contributed by atoms with Gasteiger partial charge in [0.05, 0.1) is 34.4 Å². The molecule has 204 valence electrons. The molecule has 0 amide bonds. The first kappa shape index (κ1) is 26.7. The lowest BCUT2D eigenvalue weighted by Crippen LogP contribution is -2.15. The Bertz CT molecular complexity index is 1410. The van der Waals surface area contributed by atoms with Gasteiger partial charge >= 0.3 is 0 Å². The Morgan fingerprint density at radius 2 is 1.62 bits per heavy atom. The summed E-state index contributed by atoms with van der Waals surface area (Å²) in [5.74, 6) is 0. The third kappa shape index (κ3) is 7.15. The van der Waals surface area contributed by atoms with Gasteiger partial charge in [-0.1, -0.05) is 23.4 Å². The topological polar surface area (TPSA) is 111 Å². The summed E-state index contributed by atoms with van der Waals surface area (Å²) in [6.07, 6.45) is 3.49. The van der Waals surface area contributed by atoms with Crippen LogP contribution in [0.1, 0.15) is 37.3 Å². The zero-order valence-corrected chi connectivity index (χ0v) is 24.0. The summed E-state index contributed by atoms with van der Waals surface area (Å²) in [6, 6.07) is 16.4. The van der Waals surface area contributed by atoms with Gasteiger partial charge < -0.3 is 25.9 Å². The fourth-order valence-electron chi connectivity index (χ4n) is 4.09. The van der Waals surface area contributed by atoms with Crippen molar-refractivity contribution in [1.82, 2.24) is 10.2 Å². The Kier molecular flexibility index (Phi) is 8.74. The van der Waals surface area contributed by atoms with E-state index in [1.54, 1.807) is 11.3 Å². The van der Waals surface area contributed by atoms with Crippen molar-refractivity contribution in [3.05, 3.63) is 59.7 Å². The average molecular weight is 564 g/mol. The number of hydrogen-bond acceptors (Lipinski definition) is 12. The van der Waals surface area contributed by atoms with Crippen molar-refractivity contribution < 1.29 is 4.74 Å². The van der Waals surface area contributed by atoms with Crippen molar-refractivity contribution in [1.29, 1.82) is 0 Å². The SMILES string of the molecule is CCCOc1nnc(N=Nc2ccc(NNc3ccc(NNc4ccc(N5CCCC5)s4)cc3C)cc2C)s1. The molecule has 0 atom stereocenters. The number of azo groups is 1. The maximum Gasteiger partial charge on any atom is 0.295 e. The van der Waals surface area contributed by atoms with Crippen LogP contribution < -0.4 is 31.3 Å². The molecule has 2 aromatic carbocycles. The van der Waals surface area contributed by atoms with E-state index in [9.17, 15) is 0 Å². The molecule has 39 heavy (non-hydrogen) atoms. The number of rotatable bonds is 12. The second-order valence-electron chi connectivity index (χ2n) is 9.26. The smallest absolute Gasteiger partial charge is 0.295 e. The summed E-state index contributed by atoms with van der Waals surface area (Å²) < 4.78 is 5.47. The summed E-state index contributed by atoms with van der Waals surface area (Å²) in [6.45, 7) is 9.04. The maximum absolute atomic E-state index is 5.47. The number of ether oxygens (including phenoxy) is 1. The molecule has 3 heterocycles. The molecule has 4 N–H and O–H groups in total. The molecule has 1 aliphatic rings. The molecule has 5 rings (SSSR count). The first-order valence-electron chi connectivity index (χ1n) is 13.1. The zero-order valence-electron chi connectivity index (χ0n) is 22.3. The molecule has 12 heteroatoms. The number of nitrogens with zero attached hydrogens (tertiary/aromatic N) is 5. The highest BCUT2D eigenvalue weighted by Crippen LogP contribution is 2.33. The third-order valence-electron chi connectivity index (χ3n) is 6.17. The van der Waals surface area contributed by atoms with Crippen LogP contribution in [0, 0.1) is 13.8 Å². The number of aryl methyl sites for hydroxylation is 2. The lowest BCUT2D eigenvalue weighted by atomic mass is 10.2. The number of hydrogen-bond donors (Lipinski definition) is 4. The van der Waals surface area contributed by atoms with Gasteiger partial charge in [0.15, 0.2) is 0 Å². The molecule has 0 saturated carbocycles. The van der Waals surface area contributed by atoms with E-state index in [1.807, 2.05) is 44.2 Å². The van der Waals surface area contributed by atoms with Crippen molar-refractivity contribution in [2.45, 2.75) is 40.0 Å². The van der Waals surface area contributed by atoms with Gasteiger partial charge in [0.2, 0.25) is 0 Å². The lowest BCUT2D eigenvalue weighted by molar-refractivity contribution is 0.313. The number of thiophene rings is 1. The second kappa shape index (κ2) is 12.8. The number of nitrogens with one attached hydrogen (secondary N) is 4. The van der Waals surface area contributed by atoms with Crippen LogP contribution in [0.4, 0.5) is 37.9 Å². The van der Waals surface area contributed by atoms with Crippen LogP contribution in [-0.4, -0.2) is 29.9 Å². The monoisotopic (exact) mass is 563 g/mol. The summed E-state index contributed by atoms with van der Waals surface area (Å²) in [5, 5.41) is 19.9. The molecule has 0 aliphatic carbocycles. The van der Waals surface area contributed by atoms with Crippen LogP contribution in [0.2, 0.25) is 0 Å². The summed E-state index contributed by atoms with van der Waals surface area (Å²) >= 11 is 3.06. The second-order valence-corrected chi connectivity index (χ2v) is 11.2. The minimum Gasteiger partial charge on any atom is -0.469 e. The first-order chi connectivity index (χ1) is 19.1. The fourth-order valence-corrected chi connectivity index (χ4v) is 5.54. The summed E-state index contributed by atoms with van der Waals surface area (Å²) in [4.78, 5) is 2.45. The summed E-state index contributed by atoms with van der Waals surface area (Å²) in [5.41, 5.74) is 19.0. The van der Waals surface area contributed by atoms with Crippen molar-refractivity contribution in [3.63, 3.8) is 0 Å². The van der Waals surface area contributed by atoms with Crippen molar-refractivity contribution >= 4 is 60.6 Å². The van der Waals surface area contributed by atoms with E-state index >= 15 is 0 Å². The zero-order chi connectivity index (χ0) is 27.0. The van der Waals surface area contributed by atoms with Gasteiger partial charge in [-0.15, -0.1) is 15.3 Å². The largest absolute Gasteiger partial charge is 0.469 e. The Labute approximate surface area is 236 Å². The highest BCUT2D eigenvalue weighted by molar-refractivity contribution is 7.20. The lowest BCUT2D eigenvalue weighted by Gasteiger charge is -2.15. The van der Waals surface area contributed by atoms with Crippen LogP contribution in [-0.2, 0) is 0 Å². The molecule has 1 fully saturated rings. The van der Waals surface area contributed by atoms with E-state index in [-0.39, 0.29) is 0 Å².